The van der Waals surface area contributed by atoms with Crippen molar-refractivity contribution >= 4 is 17.6 Å². The number of halogens is 1. The van der Waals surface area contributed by atoms with Crippen molar-refractivity contribution in [2.75, 3.05) is 20.3 Å². The molecule has 0 saturated carbocycles. The van der Waals surface area contributed by atoms with Crippen molar-refractivity contribution in [3.05, 3.63) is 28.8 Å². The molecule has 1 fully saturated rings. The zero-order valence-corrected chi connectivity index (χ0v) is 12.5. The molecule has 0 radical (unpaired) electrons. The summed E-state index contributed by atoms with van der Waals surface area (Å²) in [6.07, 6.45) is 2.26. The highest BCUT2D eigenvalue weighted by Gasteiger charge is 2.52. The molecule has 5 heteroatoms. The molecule has 1 aromatic rings. The van der Waals surface area contributed by atoms with E-state index in [0.717, 1.165) is 24.2 Å². The number of epoxide rings is 1. The minimum atomic E-state index is -0.707. The van der Waals surface area contributed by atoms with Crippen molar-refractivity contribution < 1.29 is 19.0 Å². The first-order valence-corrected chi connectivity index (χ1v) is 7.12. The van der Waals surface area contributed by atoms with Crippen LogP contribution in [0.25, 0.3) is 0 Å². The highest BCUT2D eigenvalue weighted by Crippen LogP contribution is 2.35. The van der Waals surface area contributed by atoms with Gasteiger partial charge in [-0.2, -0.15) is 0 Å². The molecule has 4 nitrogen and oxygen atoms in total. The molecule has 1 heterocycles. The van der Waals surface area contributed by atoms with Crippen LogP contribution >= 0.6 is 11.6 Å². The Morgan fingerprint density at radius 3 is 2.85 bits per heavy atom. The van der Waals surface area contributed by atoms with Crippen LogP contribution in [0.2, 0.25) is 5.02 Å². The van der Waals surface area contributed by atoms with Crippen LogP contribution in [0, 0.1) is 0 Å². The predicted octanol–water partition coefficient (Wildman–Crippen LogP) is 3.00. The maximum absolute atomic E-state index is 11.8. The minimum absolute atomic E-state index is 0.252. The second-order valence-corrected chi connectivity index (χ2v) is 5.25. The van der Waals surface area contributed by atoms with Crippen LogP contribution in [0.1, 0.15) is 25.3 Å². The largest absolute Gasteiger partial charge is 0.496 e. The third-order valence-electron chi connectivity index (χ3n) is 3.41. The first-order chi connectivity index (χ1) is 9.61. The quantitative estimate of drug-likeness (QED) is 0.573. The van der Waals surface area contributed by atoms with E-state index in [4.69, 9.17) is 25.8 Å². The van der Waals surface area contributed by atoms with Crippen LogP contribution in [0.5, 0.6) is 5.75 Å². The summed E-state index contributed by atoms with van der Waals surface area (Å²) in [4.78, 5) is 11.8. The molecule has 1 aromatic carbocycles. The van der Waals surface area contributed by atoms with Crippen LogP contribution in [-0.2, 0) is 20.7 Å². The van der Waals surface area contributed by atoms with Crippen molar-refractivity contribution in [3.63, 3.8) is 0 Å². The number of carbonyl (C=O) groups excluding carboxylic acids is 1. The fourth-order valence-corrected chi connectivity index (χ4v) is 2.42. The highest BCUT2D eigenvalue weighted by molar-refractivity contribution is 6.30. The Labute approximate surface area is 124 Å². The van der Waals surface area contributed by atoms with Gasteiger partial charge in [0.1, 0.15) is 5.75 Å². The standard InChI is InChI=1S/C15H19ClO4/c1-3-19-14(17)15(10-20-15)8-4-5-11-9-12(16)6-7-13(11)18-2/h6-7,9H,3-5,8,10H2,1-2H3/t15-/m1/s1. The number of benzene rings is 1. The molecular formula is C15H19ClO4. The topological polar surface area (TPSA) is 48.1 Å². The third-order valence-corrected chi connectivity index (χ3v) is 3.64. The molecule has 0 amide bonds. The summed E-state index contributed by atoms with van der Waals surface area (Å²) < 4.78 is 15.6. The molecule has 0 aliphatic carbocycles. The molecule has 110 valence electrons. The molecule has 0 N–H and O–H groups in total. The van der Waals surface area contributed by atoms with Crippen LogP contribution in [0.15, 0.2) is 18.2 Å². The summed E-state index contributed by atoms with van der Waals surface area (Å²) >= 11 is 5.99. The fraction of sp³-hybridized carbons (Fsp3) is 0.533. The summed E-state index contributed by atoms with van der Waals surface area (Å²) in [5.74, 6) is 0.564. The van der Waals surface area contributed by atoms with Gasteiger partial charge in [0.2, 0.25) is 0 Å². The molecule has 1 aliphatic rings. The number of aryl methyl sites for hydroxylation is 1. The van der Waals surface area contributed by atoms with Crippen molar-refractivity contribution in [1.29, 1.82) is 0 Å². The predicted molar refractivity (Wildman–Crippen MR) is 76.3 cm³/mol. The van der Waals surface area contributed by atoms with Crippen molar-refractivity contribution in [3.8, 4) is 5.75 Å². The summed E-state index contributed by atoms with van der Waals surface area (Å²) in [6.45, 7) is 2.63. The van der Waals surface area contributed by atoms with Gasteiger partial charge < -0.3 is 14.2 Å². The fourth-order valence-electron chi connectivity index (χ4n) is 2.22. The van der Waals surface area contributed by atoms with Gasteiger partial charge in [-0.3, -0.25) is 0 Å². The second-order valence-electron chi connectivity index (χ2n) is 4.81. The molecule has 1 aliphatic heterocycles. The summed E-state index contributed by atoms with van der Waals surface area (Å²) in [6, 6.07) is 5.55. The number of methoxy groups -OCH3 is 1. The lowest BCUT2D eigenvalue weighted by molar-refractivity contribution is -0.149. The number of carbonyl (C=O) groups is 1. The molecule has 0 spiro atoms. The zero-order valence-electron chi connectivity index (χ0n) is 11.8. The monoisotopic (exact) mass is 298 g/mol. The van der Waals surface area contributed by atoms with E-state index in [1.54, 1.807) is 20.1 Å². The molecule has 0 unspecified atom stereocenters. The van der Waals surface area contributed by atoms with Gasteiger partial charge in [0, 0.05) is 5.02 Å². The van der Waals surface area contributed by atoms with Crippen LogP contribution in [-0.4, -0.2) is 31.9 Å². The van der Waals surface area contributed by atoms with Gasteiger partial charge in [0.25, 0.3) is 0 Å². The van der Waals surface area contributed by atoms with Gasteiger partial charge in [-0.05, 0) is 49.9 Å². The molecule has 1 atom stereocenters. The smallest absolute Gasteiger partial charge is 0.340 e. The van der Waals surface area contributed by atoms with E-state index in [2.05, 4.69) is 0 Å². The number of esters is 1. The lowest BCUT2D eigenvalue weighted by Crippen LogP contribution is -2.27. The summed E-state index contributed by atoms with van der Waals surface area (Å²) in [5, 5.41) is 0.684. The highest BCUT2D eigenvalue weighted by atomic mass is 35.5. The van der Waals surface area contributed by atoms with Crippen molar-refractivity contribution in [2.45, 2.75) is 31.8 Å². The second kappa shape index (κ2) is 6.46. The molecule has 2 rings (SSSR count). The molecule has 0 aromatic heterocycles. The number of rotatable bonds is 7. The van der Waals surface area contributed by atoms with E-state index in [1.807, 2.05) is 12.1 Å². The Bertz CT molecular complexity index is 483. The van der Waals surface area contributed by atoms with Gasteiger partial charge in [-0.25, -0.2) is 4.79 Å². The Hall–Kier alpha value is -1.26. The maximum atomic E-state index is 11.8. The Kier molecular flexibility index (Phi) is 4.89. The normalized spacial score (nSPS) is 20.6. The van der Waals surface area contributed by atoms with Crippen LogP contribution < -0.4 is 4.74 Å². The number of ether oxygens (including phenoxy) is 3. The number of hydrogen-bond acceptors (Lipinski definition) is 4. The van der Waals surface area contributed by atoms with Gasteiger partial charge in [-0.15, -0.1) is 0 Å². The first kappa shape index (κ1) is 15.1. The molecule has 0 bridgehead atoms. The molecule has 20 heavy (non-hydrogen) atoms. The third kappa shape index (κ3) is 3.44. The van der Waals surface area contributed by atoms with E-state index >= 15 is 0 Å². The van der Waals surface area contributed by atoms with Crippen molar-refractivity contribution in [2.24, 2.45) is 0 Å². The van der Waals surface area contributed by atoms with E-state index in [-0.39, 0.29) is 5.97 Å². The van der Waals surface area contributed by atoms with Crippen LogP contribution in [0.3, 0.4) is 0 Å². The Morgan fingerprint density at radius 1 is 1.50 bits per heavy atom. The van der Waals surface area contributed by atoms with E-state index in [0.29, 0.717) is 24.7 Å². The van der Waals surface area contributed by atoms with Gasteiger partial charge in [0.15, 0.2) is 5.60 Å². The first-order valence-electron chi connectivity index (χ1n) is 6.75. The van der Waals surface area contributed by atoms with E-state index in [1.165, 1.54) is 0 Å². The Balaban J connectivity index is 1.90. The average Bonchev–Trinajstić information content (AvgIpc) is 3.20. The summed E-state index contributed by atoms with van der Waals surface area (Å²) in [7, 11) is 1.64. The SMILES string of the molecule is CCOC(=O)[C@@]1(CCCc2cc(Cl)ccc2OC)CO1. The average molecular weight is 299 g/mol. The van der Waals surface area contributed by atoms with Crippen molar-refractivity contribution in [1.82, 2.24) is 0 Å². The maximum Gasteiger partial charge on any atom is 0.340 e. The van der Waals surface area contributed by atoms with Gasteiger partial charge in [0.05, 0.1) is 20.3 Å². The lowest BCUT2D eigenvalue weighted by Gasteiger charge is -2.12. The molecular weight excluding hydrogens is 280 g/mol. The van der Waals surface area contributed by atoms with E-state index in [9.17, 15) is 4.79 Å². The van der Waals surface area contributed by atoms with Gasteiger partial charge in [-0.1, -0.05) is 11.6 Å². The van der Waals surface area contributed by atoms with Gasteiger partial charge >= 0.3 is 5.97 Å². The minimum Gasteiger partial charge on any atom is -0.496 e. The Morgan fingerprint density at radius 2 is 2.25 bits per heavy atom. The lowest BCUT2D eigenvalue weighted by atomic mass is 10.00. The van der Waals surface area contributed by atoms with E-state index < -0.39 is 5.60 Å². The summed E-state index contributed by atoms with van der Waals surface area (Å²) in [5.41, 5.74) is 0.335. The number of hydrogen-bond donors (Lipinski definition) is 0. The van der Waals surface area contributed by atoms with Crippen LogP contribution in [0.4, 0.5) is 0 Å². The zero-order chi connectivity index (χ0) is 14.6. The molecule has 1 saturated heterocycles.